The molecule has 0 radical (unpaired) electrons. The molecule has 0 aliphatic carbocycles. The van der Waals surface area contributed by atoms with Crippen LogP contribution in [0.4, 0.5) is 5.69 Å². The Bertz CT molecular complexity index is 780. The highest BCUT2D eigenvalue weighted by Crippen LogP contribution is 2.20. The van der Waals surface area contributed by atoms with Crippen LogP contribution in [0.5, 0.6) is 0 Å². The van der Waals surface area contributed by atoms with E-state index in [1.54, 1.807) is 30.3 Å². The number of anilines is 1. The van der Waals surface area contributed by atoms with Gasteiger partial charge in [0.15, 0.2) is 6.61 Å². The van der Waals surface area contributed by atoms with Gasteiger partial charge in [-0.3, -0.25) is 14.5 Å². The normalized spacial score (nSPS) is 15.8. The molecule has 0 bridgehead atoms. The number of nitriles is 1. The molecule has 0 aromatic heterocycles. The molecule has 9 heteroatoms. The summed E-state index contributed by atoms with van der Waals surface area (Å²) in [5.41, 5.74) is 0.552. The molecule has 1 aromatic rings. The number of esters is 1. The van der Waals surface area contributed by atoms with Crippen LogP contribution < -0.4 is 4.90 Å². The van der Waals surface area contributed by atoms with Crippen LogP contribution in [-0.4, -0.2) is 57.1 Å². The van der Waals surface area contributed by atoms with Gasteiger partial charge in [-0.25, -0.2) is 12.7 Å². The number of para-hydroxylation sites is 1. The van der Waals surface area contributed by atoms with Crippen LogP contribution in [-0.2, 0) is 24.3 Å². The number of hydrogen-bond acceptors (Lipinski definition) is 6. The predicted octanol–water partition coefficient (Wildman–Crippen LogP) is 0.758. The van der Waals surface area contributed by atoms with E-state index in [0.29, 0.717) is 18.5 Å². The number of sulfonamides is 1. The van der Waals surface area contributed by atoms with Gasteiger partial charge >= 0.3 is 5.97 Å². The van der Waals surface area contributed by atoms with Crippen molar-refractivity contribution >= 4 is 27.6 Å². The van der Waals surface area contributed by atoms with Crippen LogP contribution >= 0.6 is 0 Å². The summed E-state index contributed by atoms with van der Waals surface area (Å²) in [5, 5.41) is 8.91. The van der Waals surface area contributed by atoms with E-state index in [1.807, 2.05) is 6.07 Å². The fourth-order valence-electron chi connectivity index (χ4n) is 2.75. The van der Waals surface area contributed by atoms with E-state index in [4.69, 9.17) is 10.00 Å². The largest absolute Gasteiger partial charge is 0.455 e. The van der Waals surface area contributed by atoms with Crippen molar-refractivity contribution in [3.8, 4) is 6.07 Å². The Balaban J connectivity index is 1.88. The Morgan fingerprint density at radius 2 is 1.88 bits per heavy atom. The Morgan fingerprint density at radius 1 is 1.27 bits per heavy atom. The second-order valence-electron chi connectivity index (χ2n) is 6.02. The van der Waals surface area contributed by atoms with Crippen LogP contribution in [0.2, 0.25) is 0 Å². The van der Waals surface area contributed by atoms with Gasteiger partial charge in [0.2, 0.25) is 10.0 Å². The lowest BCUT2D eigenvalue weighted by molar-refractivity contribution is -0.153. The molecule has 0 atom stereocenters. The third-order valence-corrected chi connectivity index (χ3v) is 5.50. The number of carbonyl (C=O) groups is 2. The zero-order valence-corrected chi connectivity index (χ0v) is 15.3. The summed E-state index contributed by atoms with van der Waals surface area (Å²) in [4.78, 5) is 25.7. The first-order valence-electron chi connectivity index (χ1n) is 8.17. The molecule has 1 aliphatic rings. The lowest BCUT2D eigenvalue weighted by Crippen LogP contribution is -2.41. The summed E-state index contributed by atoms with van der Waals surface area (Å²) < 4.78 is 29.4. The molecule has 1 aromatic carbocycles. The average Bonchev–Trinajstić information content (AvgIpc) is 2.64. The fourth-order valence-corrected chi connectivity index (χ4v) is 3.63. The SMILES string of the molecule is CS(=O)(=O)N1CCC(C(=O)OCC(=O)N(CC#N)c2ccccc2)CC1. The molecule has 0 spiro atoms. The van der Waals surface area contributed by atoms with Gasteiger partial charge in [0.25, 0.3) is 5.91 Å². The number of carbonyl (C=O) groups excluding carboxylic acids is 2. The van der Waals surface area contributed by atoms with Gasteiger partial charge in [-0.15, -0.1) is 0 Å². The second-order valence-corrected chi connectivity index (χ2v) is 8.00. The highest BCUT2D eigenvalue weighted by Gasteiger charge is 2.30. The van der Waals surface area contributed by atoms with Crippen molar-refractivity contribution in [2.45, 2.75) is 12.8 Å². The number of piperidine rings is 1. The van der Waals surface area contributed by atoms with Crippen molar-refractivity contribution < 1.29 is 22.7 Å². The minimum atomic E-state index is -3.26. The van der Waals surface area contributed by atoms with Crippen molar-refractivity contribution in [2.75, 3.05) is 37.4 Å². The lowest BCUT2D eigenvalue weighted by Gasteiger charge is -2.29. The summed E-state index contributed by atoms with van der Waals surface area (Å²) in [6.45, 7) is -0.0803. The van der Waals surface area contributed by atoms with Crippen molar-refractivity contribution in [1.82, 2.24) is 4.31 Å². The maximum absolute atomic E-state index is 12.3. The van der Waals surface area contributed by atoms with Gasteiger partial charge in [0.05, 0.1) is 18.2 Å². The van der Waals surface area contributed by atoms with Crippen LogP contribution in [0, 0.1) is 17.2 Å². The molecule has 8 nitrogen and oxygen atoms in total. The molecule has 0 N–H and O–H groups in total. The van der Waals surface area contributed by atoms with E-state index in [-0.39, 0.29) is 19.6 Å². The maximum Gasteiger partial charge on any atom is 0.309 e. The molecule has 1 fully saturated rings. The van der Waals surface area contributed by atoms with Crippen LogP contribution in [0.15, 0.2) is 30.3 Å². The molecule has 0 saturated carbocycles. The Hall–Kier alpha value is -2.44. The quantitative estimate of drug-likeness (QED) is 0.533. The molecular formula is C17H21N3O5S. The summed E-state index contributed by atoms with van der Waals surface area (Å²) in [6.07, 6.45) is 1.86. The lowest BCUT2D eigenvalue weighted by atomic mass is 9.98. The second kappa shape index (κ2) is 8.78. The Labute approximate surface area is 153 Å². The molecule has 2 rings (SSSR count). The molecule has 26 heavy (non-hydrogen) atoms. The van der Waals surface area contributed by atoms with E-state index < -0.39 is 34.4 Å². The number of amides is 1. The minimum Gasteiger partial charge on any atom is -0.455 e. The predicted molar refractivity (Wildman–Crippen MR) is 94.5 cm³/mol. The van der Waals surface area contributed by atoms with Gasteiger partial charge in [-0.2, -0.15) is 5.26 Å². The van der Waals surface area contributed by atoms with Crippen molar-refractivity contribution in [1.29, 1.82) is 5.26 Å². The van der Waals surface area contributed by atoms with Gasteiger partial charge in [0, 0.05) is 18.8 Å². The molecule has 0 unspecified atom stereocenters. The van der Waals surface area contributed by atoms with E-state index in [2.05, 4.69) is 0 Å². The van der Waals surface area contributed by atoms with Gasteiger partial charge in [-0.05, 0) is 25.0 Å². The summed E-state index contributed by atoms with van der Waals surface area (Å²) in [5.74, 6) is -1.43. The van der Waals surface area contributed by atoms with Gasteiger partial charge in [-0.1, -0.05) is 18.2 Å². The van der Waals surface area contributed by atoms with Crippen molar-refractivity contribution in [2.24, 2.45) is 5.92 Å². The van der Waals surface area contributed by atoms with E-state index in [9.17, 15) is 18.0 Å². The Kier molecular flexibility index (Phi) is 6.71. The van der Waals surface area contributed by atoms with Crippen molar-refractivity contribution in [3.63, 3.8) is 0 Å². The molecule has 1 saturated heterocycles. The molecule has 1 amide bonds. The minimum absolute atomic E-state index is 0.146. The van der Waals surface area contributed by atoms with Gasteiger partial charge < -0.3 is 4.74 Å². The highest BCUT2D eigenvalue weighted by molar-refractivity contribution is 7.88. The van der Waals surface area contributed by atoms with Crippen LogP contribution in [0.3, 0.4) is 0 Å². The first-order valence-corrected chi connectivity index (χ1v) is 10.0. The summed E-state index contributed by atoms with van der Waals surface area (Å²) in [7, 11) is -3.26. The molecule has 1 aliphatic heterocycles. The topological polar surface area (TPSA) is 108 Å². The van der Waals surface area contributed by atoms with E-state index in [1.165, 1.54) is 9.21 Å². The smallest absolute Gasteiger partial charge is 0.309 e. The third kappa shape index (κ3) is 5.28. The average molecular weight is 379 g/mol. The highest BCUT2D eigenvalue weighted by atomic mass is 32.2. The standard InChI is InChI=1S/C17H21N3O5S/c1-26(23,24)19-10-7-14(8-11-19)17(22)25-13-16(21)20(12-9-18)15-5-3-2-4-6-15/h2-6,14H,7-8,10-13H2,1H3. The first kappa shape index (κ1) is 19.9. The number of ether oxygens (including phenoxy) is 1. The molecule has 140 valence electrons. The maximum atomic E-state index is 12.3. The number of rotatable bonds is 6. The number of hydrogen-bond donors (Lipinski definition) is 0. The fraction of sp³-hybridized carbons (Fsp3) is 0.471. The zero-order chi connectivity index (χ0) is 19.2. The zero-order valence-electron chi connectivity index (χ0n) is 14.5. The number of benzene rings is 1. The van der Waals surface area contributed by atoms with Crippen LogP contribution in [0.1, 0.15) is 12.8 Å². The summed E-state index contributed by atoms with van der Waals surface area (Å²) in [6, 6.07) is 10.6. The van der Waals surface area contributed by atoms with E-state index >= 15 is 0 Å². The number of nitrogens with zero attached hydrogens (tertiary/aromatic N) is 3. The molecule has 1 heterocycles. The summed E-state index contributed by atoms with van der Waals surface area (Å²) >= 11 is 0. The molecular weight excluding hydrogens is 358 g/mol. The first-order chi connectivity index (χ1) is 12.3. The monoisotopic (exact) mass is 379 g/mol. The third-order valence-electron chi connectivity index (χ3n) is 4.19. The Morgan fingerprint density at radius 3 is 2.42 bits per heavy atom. The van der Waals surface area contributed by atoms with Gasteiger partial charge in [0.1, 0.15) is 6.54 Å². The van der Waals surface area contributed by atoms with Crippen molar-refractivity contribution in [3.05, 3.63) is 30.3 Å². The van der Waals surface area contributed by atoms with E-state index in [0.717, 1.165) is 6.26 Å². The van der Waals surface area contributed by atoms with Crippen LogP contribution in [0.25, 0.3) is 0 Å².